The number of aryl methyl sites for hydroxylation is 2. The number of halogens is 2. The maximum Gasteiger partial charge on any atom is 0.387 e. The third-order valence-corrected chi connectivity index (χ3v) is 2.30. The standard InChI is InChI=1S/C10H10F2N2O/c1-6-13-8-5-7(15-10(11)12)3-4-9(8)14(6)2/h3-5,10H,1-2H3. The number of alkyl halides is 2. The summed E-state index contributed by atoms with van der Waals surface area (Å²) in [7, 11) is 1.87. The number of hydrogen-bond donors (Lipinski definition) is 0. The van der Waals surface area contributed by atoms with E-state index in [1.54, 1.807) is 6.07 Å². The molecule has 0 N–H and O–H groups in total. The number of fused-ring (bicyclic) bond motifs is 1. The Balaban J connectivity index is 2.47. The monoisotopic (exact) mass is 212 g/mol. The van der Waals surface area contributed by atoms with Crippen LogP contribution in [0.4, 0.5) is 8.78 Å². The van der Waals surface area contributed by atoms with Crippen molar-refractivity contribution in [1.82, 2.24) is 9.55 Å². The lowest BCUT2D eigenvalue weighted by Gasteiger charge is -2.03. The first-order chi connectivity index (χ1) is 7.08. The first-order valence-electron chi connectivity index (χ1n) is 4.46. The summed E-state index contributed by atoms with van der Waals surface area (Å²) in [4.78, 5) is 4.22. The minimum absolute atomic E-state index is 0.135. The average molecular weight is 212 g/mol. The van der Waals surface area contributed by atoms with E-state index in [1.165, 1.54) is 12.1 Å². The number of aromatic nitrogens is 2. The fraction of sp³-hybridized carbons (Fsp3) is 0.300. The Morgan fingerprint density at radius 3 is 2.80 bits per heavy atom. The summed E-state index contributed by atoms with van der Waals surface area (Å²) in [6.45, 7) is -0.944. The Labute approximate surface area is 85.3 Å². The van der Waals surface area contributed by atoms with Crippen LogP contribution in [0, 0.1) is 6.92 Å². The summed E-state index contributed by atoms with van der Waals surface area (Å²) in [5.74, 6) is 0.967. The van der Waals surface area contributed by atoms with Crippen LogP contribution in [0.3, 0.4) is 0 Å². The van der Waals surface area contributed by atoms with Gasteiger partial charge in [-0.05, 0) is 19.1 Å². The highest BCUT2D eigenvalue weighted by Crippen LogP contribution is 2.21. The van der Waals surface area contributed by atoms with Crippen LogP contribution in [-0.2, 0) is 7.05 Å². The van der Waals surface area contributed by atoms with Gasteiger partial charge in [0.25, 0.3) is 0 Å². The first kappa shape index (κ1) is 9.89. The molecule has 0 radical (unpaired) electrons. The lowest BCUT2D eigenvalue weighted by Crippen LogP contribution is -2.01. The molecule has 1 aromatic heterocycles. The summed E-state index contributed by atoms with van der Waals surface area (Å²) in [6, 6.07) is 4.73. The molecule has 0 atom stereocenters. The van der Waals surface area contributed by atoms with Crippen LogP contribution in [0.1, 0.15) is 5.82 Å². The minimum atomic E-state index is -2.80. The van der Waals surface area contributed by atoms with E-state index in [2.05, 4.69) is 9.72 Å². The molecule has 3 nitrogen and oxygen atoms in total. The van der Waals surface area contributed by atoms with Gasteiger partial charge < -0.3 is 9.30 Å². The number of ether oxygens (including phenoxy) is 1. The molecule has 0 amide bonds. The van der Waals surface area contributed by atoms with Crippen LogP contribution in [-0.4, -0.2) is 16.2 Å². The van der Waals surface area contributed by atoms with Gasteiger partial charge in [0.15, 0.2) is 0 Å². The number of imidazole rings is 1. The van der Waals surface area contributed by atoms with Crippen LogP contribution >= 0.6 is 0 Å². The fourth-order valence-corrected chi connectivity index (χ4v) is 1.48. The molecule has 0 unspecified atom stereocenters. The maximum atomic E-state index is 12.0. The zero-order valence-electron chi connectivity index (χ0n) is 8.37. The van der Waals surface area contributed by atoms with E-state index in [4.69, 9.17) is 0 Å². The molecular weight excluding hydrogens is 202 g/mol. The summed E-state index contributed by atoms with van der Waals surface area (Å²) in [6.07, 6.45) is 0. The van der Waals surface area contributed by atoms with Gasteiger partial charge in [0.05, 0.1) is 11.0 Å². The predicted molar refractivity (Wildman–Crippen MR) is 52.1 cm³/mol. The van der Waals surface area contributed by atoms with E-state index in [-0.39, 0.29) is 5.75 Å². The van der Waals surface area contributed by atoms with Gasteiger partial charge in [0.1, 0.15) is 11.6 Å². The van der Waals surface area contributed by atoms with Crippen LogP contribution in [0.5, 0.6) is 5.75 Å². The molecule has 0 saturated heterocycles. The second-order valence-electron chi connectivity index (χ2n) is 3.25. The molecule has 0 bridgehead atoms. The van der Waals surface area contributed by atoms with Crippen LogP contribution < -0.4 is 4.74 Å². The maximum absolute atomic E-state index is 12.0. The summed E-state index contributed by atoms with van der Waals surface area (Å²) in [5, 5.41) is 0. The number of rotatable bonds is 2. The Kier molecular flexibility index (Phi) is 2.30. The van der Waals surface area contributed by atoms with Crippen molar-refractivity contribution in [3.63, 3.8) is 0 Å². The summed E-state index contributed by atoms with van der Waals surface area (Å²) in [5.41, 5.74) is 1.56. The van der Waals surface area contributed by atoms with Gasteiger partial charge in [-0.3, -0.25) is 0 Å². The predicted octanol–water partition coefficient (Wildman–Crippen LogP) is 2.48. The van der Waals surface area contributed by atoms with E-state index in [1.807, 2.05) is 18.5 Å². The van der Waals surface area contributed by atoms with Gasteiger partial charge in [0.2, 0.25) is 0 Å². The van der Waals surface area contributed by atoms with Crippen molar-refractivity contribution in [2.75, 3.05) is 0 Å². The fourth-order valence-electron chi connectivity index (χ4n) is 1.48. The summed E-state index contributed by atoms with van der Waals surface area (Å²) < 4.78 is 30.1. The highest BCUT2D eigenvalue weighted by molar-refractivity contribution is 5.77. The molecule has 1 aromatic carbocycles. The highest BCUT2D eigenvalue weighted by Gasteiger charge is 2.08. The lowest BCUT2D eigenvalue weighted by molar-refractivity contribution is -0.0497. The largest absolute Gasteiger partial charge is 0.435 e. The van der Waals surface area contributed by atoms with E-state index < -0.39 is 6.61 Å². The molecule has 0 aliphatic rings. The Morgan fingerprint density at radius 1 is 1.40 bits per heavy atom. The van der Waals surface area contributed by atoms with Crippen molar-refractivity contribution in [3.05, 3.63) is 24.0 Å². The third-order valence-electron chi connectivity index (χ3n) is 2.30. The van der Waals surface area contributed by atoms with Crippen molar-refractivity contribution in [2.45, 2.75) is 13.5 Å². The molecule has 2 rings (SSSR count). The second-order valence-corrected chi connectivity index (χ2v) is 3.25. The normalized spacial score (nSPS) is 11.3. The third kappa shape index (κ3) is 1.77. The molecule has 15 heavy (non-hydrogen) atoms. The van der Waals surface area contributed by atoms with Gasteiger partial charge in [0, 0.05) is 13.1 Å². The van der Waals surface area contributed by atoms with Crippen molar-refractivity contribution in [2.24, 2.45) is 7.05 Å². The molecule has 0 fully saturated rings. The zero-order chi connectivity index (χ0) is 11.0. The smallest absolute Gasteiger partial charge is 0.387 e. The number of benzene rings is 1. The number of hydrogen-bond acceptors (Lipinski definition) is 2. The van der Waals surface area contributed by atoms with E-state index in [0.717, 1.165) is 11.3 Å². The molecule has 1 heterocycles. The molecule has 5 heteroatoms. The quantitative estimate of drug-likeness (QED) is 0.764. The van der Waals surface area contributed by atoms with Gasteiger partial charge >= 0.3 is 6.61 Å². The molecule has 0 saturated carbocycles. The molecule has 0 aliphatic heterocycles. The summed E-state index contributed by atoms with van der Waals surface area (Å²) >= 11 is 0. The lowest BCUT2D eigenvalue weighted by atomic mass is 10.3. The van der Waals surface area contributed by atoms with Crippen LogP contribution in [0.2, 0.25) is 0 Å². The van der Waals surface area contributed by atoms with Crippen LogP contribution in [0.15, 0.2) is 18.2 Å². The van der Waals surface area contributed by atoms with E-state index in [0.29, 0.717) is 5.52 Å². The minimum Gasteiger partial charge on any atom is -0.435 e. The molecular formula is C10H10F2N2O. The van der Waals surface area contributed by atoms with Gasteiger partial charge in [-0.25, -0.2) is 4.98 Å². The second kappa shape index (κ2) is 3.49. The van der Waals surface area contributed by atoms with Crippen molar-refractivity contribution >= 4 is 11.0 Å². The molecule has 2 aromatic rings. The van der Waals surface area contributed by atoms with Gasteiger partial charge in [-0.2, -0.15) is 8.78 Å². The molecule has 80 valence electrons. The average Bonchev–Trinajstić information content (AvgIpc) is 2.41. The number of nitrogens with zero attached hydrogens (tertiary/aromatic N) is 2. The Hall–Kier alpha value is -1.65. The first-order valence-corrected chi connectivity index (χ1v) is 4.46. The molecule has 0 spiro atoms. The topological polar surface area (TPSA) is 27.1 Å². The van der Waals surface area contributed by atoms with Gasteiger partial charge in [-0.1, -0.05) is 0 Å². The van der Waals surface area contributed by atoms with E-state index >= 15 is 0 Å². The molecule has 0 aliphatic carbocycles. The van der Waals surface area contributed by atoms with Gasteiger partial charge in [-0.15, -0.1) is 0 Å². The Bertz CT molecular complexity index is 493. The van der Waals surface area contributed by atoms with Crippen molar-refractivity contribution in [3.8, 4) is 5.75 Å². The Morgan fingerprint density at radius 2 is 2.13 bits per heavy atom. The van der Waals surface area contributed by atoms with Crippen LogP contribution in [0.25, 0.3) is 11.0 Å². The zero-order valence-corrected chi connectivity index (χ0v) is 8.37. The SMILES string of the molecule is Cc1nc2cc(OC(F)F)ccc2n1C. The van der Waals surface area contributed by atoms with Crippen molar-refractivity contribution < 1.29 is 13.5 Å². The van der Waals surface area contributed by atoms with Crippen molar-refractivity contribution in [1.29, 1.82) is 0 Å². The highest BCUT2D eigenvalue weighted by atomic mass is 19.3. The van der Waals surface area contributed by atoms with E-state index in [9.17, 15) is 8.78 Å².